The highest BCUT2D eigenvalue weighted by molar-refractivity contribution is 6.31. The van der Waals surface area contributed by atoms with E-state index < -0.39 is 66.5 Å². The molecule has 14 aromatic heterocycles. The zero-order valence-corrected chi connectivity index (χ0v) is 78.7. The van der Waals surface area contributed by atoms with Crippen LogP contribution in [0.15, 0.2) is 226 Å². The first-order chi connectivity index (χ1) is 71.1. The average Bonchev–Trinajstić information content (AvgIpc) is 1.60. The molecule has 1 saturated carbocycles. The summed E-state index contributed by atoms with van der Waals surface area (Å²) in [6.45, 7) is -3.30. The Bertz CT molecular complexity index is 8140. The molecule has 1 fully saturated rings. The molecule has 0 unspecified atom stereocenters. The number of aryl methyl sites for hydroxylation is 5. The van der Waals surface area contributed by atoms with Crippen LogP contribution in [0.2, 0.25) is 10.0 Å². The molecule has 5 aromatic carbocycles. The fourth-order valence-corrected chi connectivity index (χ4v) is 16.0. The summed E-state index contributed by atoms with van der Waals surface area (Å²) in [7, 11) is 1.89. The maximum absolute atomic E-state index is 14.1. The van der Waals surface area contributed by atoms with Crippen LogP contribution in [0.5, 0.6) is 17.2 Å². The Morgan fingerprint density at radius 1 is 0.439 bits per heavy atom. The van der Waals surface area contributed by atoms with Gasteiger partial charge in [-0.2, -0.15) is 68.3 Å². The molecule has 0 spiro atoms. The van der Waals surface area contributed by atoms with Gasteiger partial charge in [-0.25, -0.2) is 78.0 Å². The maximum Gasteiger partial charge on any atom is 0.416 e. The Kier molecular flexibility index (Phi) is 30.4. The molecule has 14 heterocycles. The van der Waals surface area contributed by atoms with E-state index in [0.29, 0.717) is 166 Å². The molecule has 2 aliphatic rings. The summed E-state index contributed by atoms with van der Waals surface area (Å²) < 4.78 is 213. The van der Waals surface area contributed by atoms with Crippen LogP contribution in [0.4, 0.5) is 123 Å². The van der Waals surface area contributed by atoms with Gasteiger partial charge in [-0.1, -0.05) is 37.0 Å². The van der Waals surface area contributed by atoms with Gasteiger partial charge in [-0.3, -0.25) is 37.7 Å². The molecule has 21 rings (SSSR count). The number of hydrogen-bond acceptors (Lipinski definition) is 27. The van der Waals surface area contributed by atoms with E-state index in [0.717, 1.165) is 105 Å². The number of fused-ring (bicyclic) bond motifs is 5. The molecule has 752 valence electrons. The number of anilines is 10. The first kappa shape index (κ1) is 102. The van der Waals surface area contributed by atoms with Gasteiger partial charge in [0.05, 0.1) is 140 Å². The molecule has 0 aliphatic heterocycles. The van der Waals surface area contributed by atoms with Crippen LogP contribution in [0.1, 0.15) is 102 Å². The topological polar surface area (TPSA) is 379 Å². The minimum atomic E-state index is -4.40. The lowest BCUT2D eigenvalue weighted by atomic mass is 9.95. The molecule has 19 aromatic rings. The number of rotatable bonds is 24. The number of aromatic nitrogens is 22. The number of nitrogens with one attached hydrogen (secondary N) is 5. The first-order valence-corrected chi connectivity index (χ1v) is 45.4. The van der Waals surface area contributed by atoms with Gasteiger partial charge in [0.1, 0.15) is 81.1 Å². The molecule has 5 N–H and O–H groups in total. The van der Waals surface area contributed by atoms with Crippen molar-refractivity contribution < 1.29 is 80.1 Å². The molecular formula is C99H74Cl2F15N29O3. The zero-order valence-electron chi connectivity index (χ0n) is 77.2. The summed E-state index contributed by atoms with van der Waals surface area (Å²) in [5, 5.41) is 39.4. The van der Waals surface area contributed by atoms with Crippen molar-refractivity contribution in [2.24, 2.45) is 7.05 Å². The lowest BCUT2D eigenvalue weighted by Crippen LogP contribution is -2.06. The number of nitrogens with zero attached hydrogens (tertiary/aromatic N) is 24. The van der Waals surface area contributed by atoms with E-state index in [1.807, 2.05) is 25.6 Å². The Hall–Kier alpha value is -17.8. The van der Waals surface area contributed by atoms with Crippen molar-refractivity contribution in [3.05, 3.63) is 310 Å². The molecule has 49 heteroatoms. The van der Waals surface area contributed by atoms with Gasteiger partial charge in [0, 0.05) is 84.3 Å². The molecule has 0 atom stereocenters. The lowest BCUT2D eigenvalue weighted by Gasteiger charge is -2.12. The van der Waals surface area contributed by atoms with Crippen LogP contribution in [0, 0.1) is 47.0 Å². The second-order valence-electron chi connectivity index (χ2n) is 32.5. The number of imidazole rings is 4. The van der Waals surface area contributed by atoms with E-state index in [4.69, 9.17) is 23.2 Å². The summed E-state index contributed by atoms with van der Waals surface area (Å²) in [5.74, 6) is 3.51. The van der Waals surface area contributed by atoms with Gasteiger partial charge in [0.2, 0.25) is 5.78 Å². The number of ether oxygens (including phenoxy) is 3. The number of hydrogen-bond donors (Lipinski definition) is 5. The monoisotopic (exact) mass is 2070 g/mol. The average molecular weight is 2070 g/mol. The predicted molar refractivity (Wildman–Crippen MR) is 516 cm³/mol. The van der Waals surface area contributed by atoms with E-state index in [1.165, 1.54) is 114 Å². The van der Waals surface area contributed by atoms with Crippen molar-refractivity contribution in [1.82, 2.24) is 108 Å². The van der Waals surface area contributed by atoms with E-state index >= 15 is 0 Å². The smallest absolute Gasteiger partial charge is 0.416 e. The van der Waals surface area contributed by atoms with Crippen LogP contribution in [-0.2, 0) is 45.1 Å². The maximum atomic E-state index is 14.1. The summed E-state index contributed by atoms with van der Waals surface area (Å²) >= 11 is 12.2. The predicted octanol–water partition coefficient (Wildman–Crippen LogP) is 24.1. The molecule has 0 amide bonds. The van der Waals surface area contributed by atoms with Crippen LogP contribution in [0.3, 0.4) is 0 Å². The quantitative estimate of drug-likeness (QED) is 0.0351. The standard InChI is InChI=1S/C21H14ClF3N6O.C21H15ClF2N6O.C20H15F3N6O.C19H18F3N5.C18H12F4N6/c1-2-18-30-20-15(7-12(22)10-27-20)31(18)19-6-11(9-26)5-17(29-19)28-13-3-4-16(14(23)8-13)32-21(24)25;1-2-18-29-20-16(9-13(22)11-26-20)30(18)19-8-12(10-25)7-17(28-19)27-14-3-5-15(6-4-14)31-21(23)24;21-12-7-15-18(25-8-12)28-19(11-1-2-11)29(15)17-10-24-9-16(27-17)26-13-3-5-14(6-4-13)30-20(22)23;1-27-18(14-4-2-3-5-15(14)26-27)16-10-23-11-17(25-16)24-13-8-6-12(7-9-13)19(20,21)22;1-10-16(28-9-12(19)6-24-17(28)25-10)14-7-23-8-15(27-14)26-13-4-2-11(3-5-13)18(20,21)22/h3-8,10,21H,2H2,1H3,(H,28,29);3-9,11,21H,2H2,1H3,(H,27,28);3-11,20H,1-2H2,(H,26,27);6-11H,2-5H2,1H3,(H,24,25);2-9H,1H3,(H,26,27). The fourth-order valence-electron chi connectivity index (χ4n) is 15.6. The lowest BCUT2D eigenvalue weighted by molar-refractivity contribution is -0.138. The SMILES string of the molecule is CCc1nc2ncc(Cl)cc2n1-c1cc(C#N)cc(Nc2ccc(OC(F)F)c(F)c2)n1.CCc1nc2ncc(Cl)cc2n1-c1cc(C#N)cc(Nc2ccc(OC(F)F)cc2)n1.Cc1nc2ncc(F)cn2c1-c1cncc(Nc2ccc(C(F)(F)F)cc2)n1.Cn1nc2c(c1-c1cncc(Nc3ccc(C(F)(F)F)cc3)n1)CCCC2.Fc1cnc2nc(C3CC3)n(-c3cncc(Nc4ccc(OC(F)F)cc4)n3)c2c1. The van der Waals surface area contributed by atoms with Crippen molar-refractivity contribution in [2.75, 3.05) is 26.6 Å². The molecule has 148 heavy (non-hydrogen) atoms. The fraction of sp³-hybridized carbons (Fsp3) is 0.182. The highest BCUT2D eigenvalue weighted by Crippen LogP contribution is 2.43. The molecule has 0 radical (unpaired) electrons. The van der Waals surface area contributed by atoms with Crippen molar-refractivity contribution in [2.45, 2.75) is 110 Å². The van der Waals surface area contributed by atoms with E-state index in [-0.39, 0.29) is 34.5 Å². The van der Waals surface area contributed by atoms with Gasteiger partial charge < -0.3 is 40.8 Å². The van der Waals surface area contributed by atoms with Crippen LogP contribution in [-0.4, -0.2) is 127 Å². The number of benzene rings is 5. The highest BCUT2D eigenvalue weighted by Gasteiger charge is 2.34. The second-order valence-corrected chi connectivity index (χ2v) is 33.3. The van der Waals surface area contributed by atoms with Crippen LogP contribution < -0.4 is 40.8 Å². The number of alkyl halides is 12. The van der Waals surface area contributed by atoms with Gasteiger partial charge in [0.15, 0.2) is 46.0 Å². The number of nitriles is 2. The Morgan fingerprint density at radius 2 is 0.878 bits per heavy atom. The van der Waals surface area contributed by atoms with Crippen molar-refractivity contribution in [1.29, 1.82) is 10.5 Å². The Morgan fingerprint density at radius 3 is 1.36 bits per heavy atom. The Labute approximate surface area is 837 Å². The van der Waals surface area contributed by atoms with E-state index in [9.17, 15) is 76.4 Å². The van der Waals surface area contributed by atoms with Gasteiger partial charge in [-0.05, 0) is 191 Å². The number of pyridine rings is 5. The van der Waals surface area contributed by atoms with E-state index in [1.54, 1.807) is 93.8 Å². The van der Waals surface area contributed by atoms with Gasteiger partial charge in [-0.15, -0.1) is 0 Å². The minimum absolute atomic E-state index is 0.0434. The van der Waals surface area contributed by atoms with E-state index in [2.05, 4.69) is 138 Å². The van der Waals surface area contributed by atoms with Gasteiger partial charge >= 0.3 is 32.2 Å². The normalized spacial score (nSPS) is 12.3. The van der Waals surface area contributed by atoms with Crippen LogP contribution in [0.25, 0.3) is 79.5 Å². The molecule has 0 bridgehead atoms. The summed E-state index contributed by atoms with van der Waals surface area (Å²) in [5.41, 5.74) is 10.4. The van der Waals surface area contributed by atoms with Crippen molar-refractivity contribution in [3.63, 3.8) is 0 Å². The Balaban J connectivity index is 0.000000126. The molecule has 0 saturated heterocycles. The van der Waals surface area contributed by atoms with Crippen molar-refractivity contribution in [3.8, 4) is 69.6 Å². The third-order valence-electron chi connectivity index (χ3n) is 22.2. The first-order valence-electron chi connectivity index (χ1n) is 44.6. The molecule has 32 nitrogen and oxygen atoms in total. The number of halogens is 17. The third-order valence-corrected chi connectivity index (χ3v) is 22.6. The summed E-state index contributed by atoms with van der Waals surface area (Å²) in [6, 6.07) is 40.1. The third kappa shape index (κ3) is 24.5. The minimum Gasteiger partial charge on any atom is -0.435 e. The summed E-state index contributed by atoms with van der Waals surface area (Å²) in [4.78, 5) is 69.6. The summed E-state index contributed by atoms with van der Waals surface area (Å²) in [6.07, 6.45) is 14.4. The largest absolute Gasteiger partial charge is 0.435 e. The zero-order chi connectivity index (χ0) is 104. The molecule has 2 aliphatic carbocycles. The highest BCUT2D eigenvalue weighted by atomic mass is 35.5. The van der Waals surface area contributed by atoms with Gasteiger partial charge in [0.25, 0.3) is 0 Å². The van der Waals surface area contributed by atoms with Crippen molar-refractivity contribution >= 4 is 120 Å². The molecular weight excluding hydrogens is 2000 g/mol. The second kappa shape index (κ2) is 44.2. The van der Waals surface area contributed by atoms with Crippen LogP contribution >= 0.6 is 23.2 Å².